The van der Waals surface area contributed by atoms with E-state index in [1.165, 1.54) is 24.3 Å². The Bertz CT molecular complexity index is 645. The van der Waals surface area contributed by atoms with Crippen molar-refractivity contribution in [2.75, 3.05) is 0 Å². The Kier molecular flexibility index (Phi) is 3.10. The molecule has 0 radical (unpaired) electrons. The highest BCUT2D eigenvalue weighted by Gasteiger charge is 1.99. The van der Waals surface area contributed by atoms with Gasteiger partial charge in [0.25, 0.3) is 0 Å². The van der Waals surface area contributed by atoms with Crippen molar-refractivity contribution in [1.29, 1.82) is 0 Å². The van der Waals surface area contributed by atoms with Crippen LogP contribution in [-0.4, -0.2) is 10.2 Å². The topological polar surface area (TPSA) is 74.6 Å². The van der Waals surface area contributed by atoms with Gasteiger partial charge in [0.15, 0.2) is 11.5 Å². The maximum Gasteiger partial charge on any atom is 0.220 e. The highest BCUT2D eigenvalue weighted by atomic mass is 16.3. The molecule has 18 heavy (non-hydrogen) atoms. The number of aromatic hydroxyl groups is 2. The van der Waals surface area contributed by atoms with Crippen molar-refractivity contribution in [2.45, 2.75) is 0 Å². The van der Waals surface area contributed by atoms with Crippen molar-refractivity contribution in [2.24, 2.45) is 0 Å². The van der Waals surface area contributed by atoms with Gasteiger partial charge in [-0.2, -0.15) is 0 Å². The van der Waals surface area contributed by atoms with Crippen LogP contribution in [0.25, 0.3) is 11.1 Å². The second-order valence-electron chi connectivity index (χ2n) is 3.74. The van der Waals surface area contributed by atoms with E-state index in [0.29, 0.717) is 11.1 Å². The van der Waals surface area contributed by atoms with E-state index in [-0.39, 0.29) is 11.5 Å². The lowest BCUT2D eigenvalue weighted by atomic mass is 10.1. The van der Waals surface area contributed by atoms with Crippen LogP contribution in [0.15, 0.2) is 58.1 Å². The fourth-order valence-electron chi connectivity index (χ4n) is 1.50. The van der Waals surface area contributed by atoms with E-state index in [4.69, 9.17) is 0 Å². The summed E-state index contributed by atoms with van der Waals surface area (Å²) in [6, 6.07) is 11.3. The number of hydrogen-bond acceptors (Lipinski definition) is 4. The van der Waals surface area contributed by atoms with Gasteiger partial charge in [0, 0.05) is 0 Å². The van der Waals surface area contributed by atoms with Gasteiger partial charge >= 0.3 is 0 Å². The first-order valence-electron chi connectivity index (χ1n) is 5.25. The molecule has 0 atom stereocenters. The van der Waals surface area contributed by atoms with Crippen molar-refractivity contribution in [1.82, 2.24) is 0 Å². The van der Waals surface area contributed by atoms with E-state index < -0.39 is 10.9 Å². The minimum Gasteiger partial charge on any atom is -0.504 e. The number of rotatable bonds is 1. The molecule has 0 fully saturated rings. The molecule has 4 nitrogen and oxygen atoms in total. The highest BCUT2D eigenvalue weighted by Crippen LogP contribution is 2.18. The van der Waals surface area contributed by atoms with Crippen molar-refractivity contribution >= 4 is 0 Å². The molecule has 2 aromatic rings. The highest BCUT2D eigenvalue weighted by molar-refractivity contribution is 5.63. The SMILES string of the molecule is O=c1ccc(-c2ccc(O)c(=O)cc2)ccc1O. The zero-order valence-electron chi connectivity index (χ0n) is 9.33. The molecular weight excluding hydrogens is 232 g/mol. The first kappa shape index (κ1) is 11.9. The van der Waals surface area contributed by atoms with Crippen LogP contribution in [0, 0.1) is 0 Å². The molecule has 0 aliphatic carbocycles. The van der Waals surface area contributed by atoms with Crippen LogP contribution in [0.1, 0.15) is 0 Å². The molecule has 2 rings (SSSR count). The predicted octanol–water partition coefficient (Wildman–Crippen LogP) is 1.49. The minimum absolute atomic E-state index is 0.339. The van der Waals surface area contributed by atoms with Crippen LogP contribution in [-0.2, 0) is 0 Å². The standard InChI is InChI=1S/C14H10O4/c15-11-5-1-9(2-6-12(11)16)10-3-7-13(17)14(18)8-4-10/h1-8H,(H,15,16)(H,17,18). The lowest BCUT2D eigenvalue weighted by Crippen LogP contribution is -1.91. The second-order valence-corrected chi connectivity index (χ2v) is 3.74. The molecule has 90 valence electrons. The summed E-state index contributed by atoms with van der Waals surface area (Å²) in [5.74, 6) is -0.678. The molecule has 2 N–H and O–H groups in total. The Morgan fingerprint density at radius 2 is 0.889 bits per heavy atom. The van der Waals surface area contributed by atoms with Crippen LogP contribution in [0.4, 0.5) is 0 Å². The van der Waals surface area contributed by atoms with Crippen molar-refractivity contribution < 1.29 is 10.2 Å². The third-order valence-corrected chi connectivity index (χ3v) is 2.51. The molecule has 0 unspecified atom stereocenters. The fourth-order valence-corrected chi connectivity index (χ4v) is 1.50. The van der Waals surface area contributed by atoms with Gasteiger partial charge in [0.1, 0.15) is 0 Å². The Morgan fingerprint density at radius 1 is 0.556 bits per heavy atom. The van der Waals surface area contributed by atoms with E-state index in [1.807, 2.05) is 0 Å². The fraction of sp³-hybridized carbons (Fsp3) is 0. The van der Waals surface area contributed by atoms with Crippen LogP contribution in [0.5, 0.6) is 11.5 Å². The van der Waals surface area contributed by atoms with Gasteiger partial charge in [-0.05, 0) is 35.4 Å². The van der Waals surface area contributed by atoms with Gasteiger partial charge in [0.05, 0.1) is 0 Å². The van der Waals surface area contributed by atoms with Crippen LogP contribution >= 0.6 is 0 Å². The molecule has 0 aliphatic heterocycles. The molecule has 0 saturated heterocycles. The van der Waals surface area contributed by atoms with Crippen LogP contribution in [0.2, 0.25) is 0 Å². The Hall–Kier alpha value is -2.62. The number of hydrogen-bond donors (Lipinski definition) is 2. The summed E-state index contributed by atoms with van der Waals surface area (Å²) in [6.07, 6.45) is 0. The monoisotopic (exact) mass is 242 g/mol. The normalized spacial score (nSPS) is 10.0. The molecule has 0 spiro atoms. The zero-order chi connectivity index (χ0) is 13.1. The van der Waals surface area contributed by atoms with Gasteiger partial charge in [-0.15, -0.1) is 0 Å². The van der Waals surface area contributed by atoms with Crippen LogP contribution in [0.3, 0.4) is 0 Å². The van der Waals surface area contributed by atoms with Crippen molar-refractivity contribution in [3.8, 4) is 22.6 Å². The van der Waals surface area contributed by atoms with Gasteiger partial charge in [-0.3, -0.25) is 9.59 Å². The Balaban J connectivity index is 2.64. The summed E-state index contributed by atoms with van der Waals surface area (Å²) in [5.41, 5.74) is 0.354. The summed E-state index contributed by atoms with van der Waals surface area (Å²) in [7, 11) is 0. The molecular formula is C14H10O4. The summed E-state index contributed by atoms with van der Waals surface area (Å²) >= 11 is 0. The second kappa shape index (κ2) is 4.71. The van der Waals surface area contributed by atoms with E-state index in [9.17, 15) is 19.8 Å². The smallest absolute Gasteiger partial charge is 0.220 e. The summed E-state index contributed by atoms with van der Waals surface area (Å²) in [6.45, 7) is 0. The predicted molar refractivity (Wildman–Crippen MR) is 67.7 cm³/mol. The van der Waals surface area contributed by atoms with E-state index in [0.717, 1.165) is 0 Å². The van der Waals surface area contributed by atoms with Crippen molar-refractivity contribution in [3.05, 3.63) is 69.0 Å². The molecule has 0 aromatic heterocycles. The maximum atomic E-state index is 11.2. The lowest BCUT2D eigenvalue weighted by Gasteiger charge is -1.93. The quantitative estimate of drug-likeness (QED) is 0.794. The Labute approximate surface area is 102 Å². The van der Waals surface area contributed by atoms with Crippen molar-refractivity contribution in [3.63, 3.8) is 0 Å². The summed E-state index contributed by atoms with van der Waals surface area (Å²) < 4.78 is 0. The summed E-state index contributed by atoms with van der Waals surface area (Å²) in [4.78, 5) is 22.5. The van der Waals surface area contributed by atoms with E-state index >= 15 is 0 Å². The molecule has 0 heterocycles. The molecule has 0 aliphatic rings. The first-order chi connectivity index (χ1) is 8.58. The van der Waals surface area contributed by atoms with Gasteiger partial charge in [0.2, 0.25) is 10.9 Å². The molecule has 0 saturated carbocycles. The molecule has 0 amide bonds. The van der Waals surface area contributed by atoms with E-state index in [1.54, 1.807) is 24.3 Å². The zero-order valence-corrected chi connectivity index (χ0v) is 9.33. The van der Waals surface area contributed by atoms with Crippen LogP contribution < -0.4 is 10.9 Å². The third kappa shape index (κ3) is 2.38. The van der Waals surface area contributed by atoms with Gasteiger partial charge < -0.3 is 10.2 Å². The Morgan fingerprint density at radius 3 is 1.28 bits per heavy atom. The average Bonchev–Trinajstić information content (AvgIpc) is 2.62. The average molecular weight is 242 g/mol. The first-order valence-corrected chi connectivity index (χ1v) is 5.25. The lowest BCUT2D eigenvalue weighted by molar-refractivity contribution is 0.470. The largest absolute Gasteiger partial charge is 0.504 e. The van der Waals surface area contributed by atoms with E-state index in [2.05, 4.69) is 0 Å². The van der Waals surface area contributed by atoms with Gasteiger partial charge in [-0.25, -0.2) is 0 Å². The van der Waals surface area contributed by atoms with Gasteiger partial charge in [-0.1, -0.05) is 24.3 Å². The summed E-state index contributed by atoms with van der Waals surface area (Å²) in [5, 5.41) is 18.6. The molecule has 2 aromatic carbocycles. The molecule has 4 heteroatoms. The maximum absolute atomic E-state index is 11.2. The minimum atomic E-state index is -0.478. The molecule has 0 bridgehead atoms. The third-order valence-electron chi connectivity index (χ3n) is 2.51.